The van der Waals surface area contributed by atoms with E-state index in [1.165, 1.54) is 18.1 Å². The summed E-state index contributed by atoms with van der Waals surface area (Å²) < 4.78 is 38.4. The van der Waals surface area contributed by atoms with Crippen LogP contribution in [0.25, 0.3) is 16.9 Å². The number of fused-ring (bicyclic) bond motifs is 1. The summed E-state index contributed by atoms with van der Waals surface area (Å²) in [6, 6.07) is 8.49. The van der Waals surface area contributed by atoms with Crippen LogP contribution in [0.15, 0.2) is 36.7 Å². The number of rotatable bonds is 8. The quantitative estimate of drug-likeness (QED) is 0.541. The lowest BCUT2D eigenvalue weighted by Gasteiger charge is -2.40. The maximum atomic E-state index is 13.2. The first-order chi connectivity index (χ1) is 16.3. The Kier molecular flexibility index (Phi) is 6.65. The number of aromatic nitrogens is 2. The number of hydrogen-bond donors (Lipinski definition) is 1. The molecule has 0 spiro atoms. The predicted molar refractivity (Wildman–Crippen MR) is 119 cm³/mol. The van der Waals surface area contributed by atoms with Crippen molar-refractivity contribution >= 4 is 11.6 Å². The van der Waals surface area contributed by atoms with Gasteiger partial charge in [-0.05, 0) is 49.6 Å². The maximum Gasteiger partial charge on any atom is 0.387 e. The van der Waals surface area contributed by atoms with Gasteiger partial charge in [-0.3, -0.25) is 4.79 Å². The van der Waals surface area contributed by atoms with Crippen LogP contribution >= 0.6 is 0 Å². The van der Waals surface area contributed by atoms with Crippen LogP contribution < -0.4 is 9.47 Å². The van der Waals surface area contributed by atoms with Gasteiger partial charge in [-0.15, -0.1) is 0 Å². The Morgan fingerprint density at radius 1 is 1.35 bits per heavy atom. The van der Waals surface area contributed by atoms with E-state index in [-0.39, 0.29) is 35.6 Å². The van der Waals surface area contributed by atoms with E-state index in [1.54, 1.807) is 16.7 Å². The first kappa shape index (κ1) is 23.4. The molecule has 4 rings (SSSR count). The van der Waals surface area contributed by atoms with Crippen LogP contribution in [-0.2, 0) is 6.42 Å². The van der Waals surface area contributed by atoms with Crippen molar-refractivity contribution in [3.63, 3.8) is 0 Å². The zero-order valence-electron chi connectivity index (χ0n) is 18.7. The van der Waals surface area contributed by atoms with Crippen molar-refractivity contribution in [2.45, 2.75) is 32.4 Å². The molecule has 1 aliphatic heterocycles. The second-order valence-corrected chi connectivity index (χ2v) is 8.21. The molecule has 0 radical (unpaired) electrons. The Labute approximate surface area is 195 Å². The highest BCUT2D eigenvalue weighted by Gasteiger charge is 2.36. The topological polar surface area (TPSA) is 100 Å². The molecule has 34 heavy (non-hydrogen) atoms. The van der Waals surface area contributed by atoms with Gasteiger partial charge in [0.2, 0.25) is 0 Å². The standard InChI is InChI=1S/C24H24F2N4O4/c1-14(11-27)7-15-3-5-29-12-18(28-21(29)8-15)16-9-19(33-2)22(20(10-16)34-24(25)26)23(32)30-6-4-17(30)13-31/h3,5,8-10,12,14,17,24,31H,4,6-7,13H2,1-2H3. The number of amides is 1. The summed E-state index contributed by atoms with van der Waals surface area (Å²) in [6.07, 6.45) is 4.75. The van der Waals surface area contributed by atoms with Gasteiger partial charge in [0.15, 0.2) is 0 Å². The zero-order valence-corrected chi connectivity index (χ0v) is 18.7. The normalized spacial score (nSPS) is 16.3. The fraction of sp³-hybridized carbons (Fsp3) is 0.375. The van der Waals surface area contributed by atoms with E-state index in [4.69, 9.17) is 14.7 Å². The number of carbonyl (C=O) groups excluding carboxylic acids is 1. The average molecular weight is 470 g/mol. The number of carbonyl (C=O) groups is 1. The van der Waals surface area contributed by atoms with Crippen molar-refractivity contribution in [2.75, 3.05) is 20.3 Å². The molecule has 1 saturated heterocycles. The Morgan fingerprint density at radius 2 is 2.12 bits per heavy atom. The molecule has 2 aromatic heterocycles. The largest absolute Gasteiger partial charge is 0.496 e. The summed E-state index contributed by atoms with van der Waals surface area (Å²) in [5.74, 6) is -0.936. The number of hydrogen-bond acceptors (Lipinski definition) is 6. The Bertz CT molecular complexity index is 1250. The van der Waals surface area contributed by atoms with E-state index in [0.29, 0.717) is 36.3 Å². The molecule has 1 amide bonds. The monoisotopic (exact) mass is 470 g/mol. The van der Waals surface area contributed by atoms with Crippen LogP contribution in [0.4, 0.5) is 8.78 Å². The summed E-state index contributed by atoms with van der Waals surface area (Å²) in [6.45, 7) is -1.12. The fourth-order valence-corrected chi connectivity index (χ4v) is 4.03. The lowest BCUT2D eigenvalue weighted by atomic mass is 9.99. The number of benzene rings is 1. The van der Waals surface area contributed by atoms with Crippen molar-refractivity contribution in [1.82, 2.24) is 14.3 Å². The number of imidazole rings is 1. The summed E-state index contributed by atoms with van der Waals surface area (Å²) in [5, 5.41) is 18.5. The van der Waals surface area contributed by atoms with Gasteiger partial charge < -0.3 is 23.9 Å². The summed E-state index contributed by atoms with van der Waals surface area (Å²) in [5.41, 5.74) is 2.36. The molecule has 8 nitrogen and oxygen atoms in total. The first-order valence-electron chi connectivity index (χ1n) is 10.8. The number of pyridine rings is 1. The fourth-order valence-electron chi connectivity index (χ4n) is 4.03. The van der Waals surface area contributed by atoms with Crippen LogP contribution in [0, 0.1) is 17.2 Å². The molecule has 2 atom stereocenters. The summed E-state index contributed by atoms with van der Waals surface area (Å²) in [4.78, 5) is 19.1. The van der Waals surface area contributed by atoms with Crippen LogP contribution in [0.2, 0.25) is 0 Å². The third kappa shape index (κ3) is 4.52. The molecule has 178 valence electrons. The molecule has 0 saturated carbocycles. The Balaban J connectivity index is 1.75. The first-order valence-corrected chi connectivity index (χ1v) is 10.8. The number of alkyl halides is 2. The Hall–Kier alpha value is -3.71. The van der Waals surface area contributed by atoms with Gasteiger partial charge in [-0.1, -0.05) is 0 Å². The predicted octanol–water partition coefficient (Wildman–Crippen LogP) is 3.52. The molecule has 0 aliphatic carbocycles. The van der Waals surface area contributed by atoms with Gasteiger partial charge in [0.25, 0.3) is 5.91 Å². The molecule has 1 N–H and O–H groups in total. The SMILES string of the molecule is COc1cc(-c2cn3ccc(CC(C)C#N)cc3n2)cc(OC(F)F)c1C(=O)N1CCC1CO. The van der Waals surface area contributed by atoms with Crippen LogP contribution in [0.1, 0.15) is 29.3 Å². The molecule has 1 fully saturated rings. The highest BCUT2D eigenvalue weighted by Crippen LogP contribution is 2.38. The van der Waals surface area contributed by atoms with Gasteiger partial charge in [0.05, 0.1) is 31.5 Å². The van der Waals surface area contributed by atoms with Gasteiger partial charge in [-0.2, -0.15) is 14.0 Å². The van der Waals surface area contributed by atoms with Gasteiger partial charge in [0.1, 0.15) is 22.7 Å². The van der Waals surface area contributed by atoms with E-state index in [9.17, 15) is 18.7 Å². The summed E-state index contributed by atoms with van der Waals surface area (Å²) >= 11 is 0. The maximum absolute atomic E-state index is 13.2. The van der Waals surface area contributed by atoms with Gasteiger partial charge in [-0.25, -0.2) is 4.98 Å². The molecule has 0 bridgehead atoms. The molecule has 3 heterocycles. The molecule has 2 unspecified atom stereocenters. The van der Waals surface area contributed by atoms with Gasteiger partial charge >= 0.3 is 6.61 Å². The highest BCUT2D eigenvalue weighted by atomic mass is 19.3. The number of aliphatic hydroxyl groups is 1. The van der Waals surface area contributed by atoms with Crippen molar-refractivity contribution in [1.29, 1.82) is 5.26 Å². The minimum atomic E-state index is -3.15. The van der Waals surface area contributed by atoms with Crippen molar-refractivity contribution in [3.8, 4) is 28.8 Å². The third-order valence-electron chi connectivity index (χ3n) is 5.91. The van der Waals surface area contributed by atoms with Crippen molar-refractivity contribution in [2.24, 2.45) is 5.92 Å². The number of halogens is 2. The second kappa shape index (κ2) is 9.65. The molecule has 3 aromatic rings. The van der Waals surface area contributed by atoms with Crippen LogP contribution in [0.5, 0.6) is 11.5 Å². The number of aliphatic hydroxyl groups excluding tert-OH is 1. The number of ether oxygens (including phenoxy) is 2. The number of methoxy groups -OCH3 is 1. The second-order valence-electron chi connectivity index (χ2n) is 8.21. The number of likely N-dealkylation sites (tertiary alicyclic amines) is 1. The van der Waals surface area contributed by atoms with Crippen molar-refractivity contribution < 1.29 is 28.2 Å². The average Bonchev–Trinajstić information content (AvgIpc) is 3.21. The van der Waals surface area contributed by atoms with E-state index in [0.717, 1.165) is 5.56 Å². The smallest absolute Gasteiger partial charge is 0.387 e. The Morgan fingerprint density at radius 3 is 2.74 bits per heavy atom. The van der Waals surface area contributed by atoms with E-state index >= 15 is 0 Å². The van der Waals surface area contributed by atoms with E-state index in [2.05, 4.69) is 11.1 Å². The lowest BCUT2D eigenvalue weighted by molar-refractivity contribution is -0.0505. The van der Waals surface area contributed by atoms with Crippen molar-refractivity contribution in [3.05, 3.63) is 47.8 Å². The van der Waals surface area contributed by atoms with Crippen LogP contribution in [0.3, 0.4) is 0 Å². The molecule has 10 heteroatoms. The molecular weight excluding hydrogens is 446 g/mol. The number of nitriles is 1. The van der Waals surface area contributed by atoms with Gasteiger partial charge in [0, 0.05) is 30.4 Å². The zero-order chi connectivity index (χ0) is 24.4. The van der Waals surface area contributed by atoms with E-state index < -0.39 is 12.5 Å². The third-order valence-corrected chi connectivity index (χ3v) is 5.91. The minimum Gasteiger partial charge on any atom is -0.496 e. The van der Waals surface area contributed by atoms with Crippen LogP contribution in [-0.4, -0.2) is 58.2 Å². The minimum absolute atomic E-state index is 0.0716. The van der Waals surface area contributed by atoms with E-state index in [1.807, 2.05) is 25.3 Å². The lowest BCUT2D eigenvalue weighted by Crippen LogP contribution is -2.53. The molecule has 1 aliphatic rings. The highest BCUT2D eigenvalue weighted by molar-refractivity contribution is 6.01. The number of nitrogens with zero attached hydrogens (tertiary/aromatic N) is 4. The molecule has 1 aromatic carbocycles. The molecular formula is C24H24F2N4O4. The summed E-state index contributed by atoms with van der Waals surface area (Å²) in [7, 11) is 1.34.